The molecule has 0 heterocycles. The fourth-order valence-electron chi connectivity index (χ4n) is 4.22. The highest BCUT2D eigenvalue weighted by Crippen LogP contribution is 2.26. The second-order valence-electron chi connectivity index (χ2n) is 8.30. The molecule has 0 aliphatic heterocycles. The fourth-order valence-corrected chi connectivity index (χ4v) is 4.22. The van der Waals surface area contributed by atoms with Crippen LogP contribution >= 0.6 is 0 Å². The van der Waals surface area contributed by atoms with E-state index >= 15 is 0 Å². The van der Waals surface area contributed by atoms with Gasteiger partial charge in [0.25, 0.3) is 5.91 Å². The zero-order chi connectivity index (χ0) is 22.9. The SMILES string of the molecule is CCC(C(=O)NC1CCCC1)N(Cc1ccccc1C)C(=O)COc1ccccc1OC. The zero-order valence-corrected chi connectivity index (χ0v) is 19.3. The number of nitrogens with zero attached hydrogens (tertiary/aromatic N) is 1. The van der Waals surface area contributed by atoms with Crippen molar-refractivity contribution in [2.24, 2.45) is 0 Å². The lowest BCUT2D eigenvalue weighted by molar-refractivity contribution is -0.143. The molecule has 32 heavy (non-hydrogen) atoms. The van der Waals surface area contributed by atoms with Gasteiger partial charge < -0.3 is 19.7 Å². The summed E-state index contributed by atoms with van der Waals surface area (Å²) in [4.78, 5) is 28.2. The number of ether oxygens (including phenoxy) is 2. The number of hydrogen-bond donors (Lipinski definition) is 1. The number of benzene rings is 2. The predicted molar refractivity (Wildman–Crippen MR) is 125 cm³/mol. The normalized spacial score (nSPS) is 14.6. The number of aryl methyl sites for hydroxylation is 1. The van der Waals surface area contributed by atoms with E-state index in [0.29, 0.717) is 24.5 Å². The molecule has 2 aromatic rings. The molecule has 6 heteroatoms. The number of para-hydroxylation sites is 2. The second-order valence-corrected chi connectivity index (χ2v) is 8.30. The number of rotatable bonds is 10. The molecule has 0 aromatic heterocycles. The van der Waals surface area contributed by atoms with E-state index in [1.807, 2.05) is 50.2 Å². The molecule has 1 unspecified atom stereocenters. The molecule has 1 atom stereocenters. The average molecular weight is 439 g/mol. The predicted octanol–water partition coefficient (Wildman–Crippen LogP) is 4.25. The summed E-state index contributed by atoms with van der Waals surface area (Å²) in [6.45, 7) is 4.15. The molecule has 172 valence electrons. The Kier molecular flexibility index (Phi) is 8.54. The number of carbonyl (C=O) groups is 2. The van der Waals surface area contributed by atoms with Crippen molar-refractivity contribution in [2.45, 2.75) is 64.6 Å². The highest BCUT2D eigenvalue weighted by molar-refractivity contribution is 5.88. The van der Waals surface area contributed by atoms with Gasteiger partial charge in [0.15, 0.2) is 18.1 Å². The second kappa shape index (κ2) is 11.6. The lowest BCUT2D eigenvalue weighted by Crippen LogP contribution is -2.52. The molecule has 1 fully saturated rings. The van der Waals surface area contributed by atoms with E-state index in [0.717, 1.165) is 36.8 Å². The Balaban J connectivity index is 1.78. The Morgan fingerprint density at radius 1 is 1.06 bits per heavy atom. The van der Waals surface area contributed by atoms with E-state index in [1.165, 1.54) is 0 Å². The number of nitrogens with one attached hydrogen (secondary N) is 1. The first kappa shape index (κ1) is 23.6. The molecule has 2 amide bonds. The molecule has 1 saturated carbocycles. The first-order chi connectivity index (χ1) is 15.5. The van der Waals surface area contributed by atoms with Crippen molar-refractivity contribution < 1.29 is 19.1 Å². The van der Waals surface area contributed by atoms with Crippen molar-refractivity contribution in [3.05, 3.63) is 59.7 Å². The summed E-state index contributed by atoms with van der Waals surface area (Å²) in [5.74, 6) is 0.755. The van der Waals surface area contributed by atoms with Crippen LogP contribution in [-0.4, -0.2) is 42.5 Å². The van der Waals surface area contributed by atoms with Crippen LogP contribution in [0.25, 0.3) is 0 Å². The van der Waals surface area contributed by atoms with E-state index in [9.17, 15) is 9.59 Å². The van der Waals surface area contributed by atoms with Crippen molar-refractivity contribution in [1.29, 1.82) is 0 Å². The van der Waals surface area contributed by atoms with Gasteiger partial charge in [0.1, 0.15) is 6.04 Å². The maximum Gasteiger partial charge on any atom is 0.261 e. The van der Waals surface area contributed by atoms with Crippen LogP contribution in [-0.2, 0) is 16.1 Å². The topological polar surface area (TPSA) is 67.9 Å². The zero-order valence-electron chi connectivity index (χ0n) is 19.3. The van der Waals surface area contributed by atoms with Crippen molar-refractivity contribution in [3.8, 4) is 11.5 Å². The Morgan fingerprint density at radius 2 is 1.72 bits per heavy atom. The molecule has 0 spiro atoms. The van der Waals surface area contributed by atoms with Crippen LogP contribution in [0.4, 0.5) is 0 Å². The molecule has 1 aliphatic rings. The van der Waals surface area contributed by atoms with Crippen LogP contribution in [0.15, 0.2) is 48.5 Å². The maximum atomic E-state index is 13.4. The highest BCUT2D eigenvalue weighted by atomic mass is 16.5. The summed E-state index contributed by atoms with van der Waals surface area (Å²) in [6, 6.07) is 14.8. The van der Waals surface area contributed by atoms with Gasteiger partial charge in [-0.15, -0.1) is 0 Å². The third kappa shape index (κ3) is 6.02. The minimum atomic E-state index is -0.552. The first-order valence-electron chi connectivity index (χ1n) is 11.4. The average Bonchev–Trinajstić information content (AvgIpc) is 3.31. The molecule has 3 rings (SSSR count). The van der Waals surface area contributed by atoms with Crippen LogP contribution in [0.2, 0.25) is 0 Å². The molecular formula is C26H34N2O4. The van der Waals surface area contributed by atoms with Gasteiger partial charge in [-0.25, -0.2) is 0 Å². The van der Waals surface area contributed by atoms with Gasteiger partial charge in [-0.1, -0.05) is 56.2 Å². The molecule has 0 radical (unpaired) electrons. The molecule has 0 bridgehead atoms. The van der Waals surface area contributed by atoms with E-state index < -0.39 is 6.04 Å². The Hall–Kier alpha value is -3.02. The lowest BCUT2D eigenvalue weighted by Gasteiger charge is -2.32. The van der Waals surface area contributed by atoms with Crippen LogP contribution in [0.3, 0.4) is 0 Å². The van der Waals surface area contributed by atoms with Crippen LogP contribution in [0, 0.1) is 6.92 Å². The van der Waals surface area contributed by atoms with Crippen molar-refractivity contribution in [2.75, 3.05) is 13.7 Å². The third-order valence-corrected chi connectivity index (χ3v) is 6.11. The van der Waals surface area contributed by atoms with Crippen molar-refractivity contribution >= 4 is 11.8 Å². The van der Waals surface area contributed by atoms with E-state index in [4.69, 9.17) is 9.47 Å². The third-order valence-electron chi connectivity index (χ3n) is 6.11. The minimum absolute atomic E-state index is 0.0846. The van der Waals surface area contributed by atoms with Gasteiger partial charge in [0.2, 0.25) is 5.91 Å². The summed E-state index contributed by atoms with van der Waals surface area (Å²) < 4.78 is 11.1. The standard InChI is InChI=1S/C26H34N2O4/c1-4-22(26(30)27-21-13-7-8-14-21)28(17-20-12-6-5-11-19(20)2)25(29)18-32-24-16-10-9-15-23(24)31-3/h5-6,9-12,15-16,21-22H,4,7-8,13-14,17-18H2,1-3H3,(H,27,30). The fraction of sp³-hybridized carbons (Fsp3) is 0.462. The maximum absolute atomic E-state index is 13.4. The van der Waals surface area contributed by atoms with E-state index in [-0.39, 0.29) is 24.5 Å². The summed E-state index contributed by atoms with van der Waals surface area (Å²) in [7, 11) is 1.56. The number of hydrogen-bond acceptors (Lipinski definition) is 4. The summed E-state index contributed by atoms with van der Waals surface area (Å²) in [5, 5.41) is 3.16. The highest BCUT2D eigenvalue weighted by Gasteiger charge is 2.31. The Bertz CT molecular complexity index is 908. The molecule has 1 N–H and O–H groups in total. The molecule has 2 aromatic carbocycles. The Labute approximate surface area is 190 Å². The smallest absolute Gasteiger partial charge is 0.261 e. The number of carbonyl (C=O) groups excluding carboxylic acids is 2. The van der Waals surface area contributed by atoms with Crippen LogP contribution in [0.1, 0.15) is 50.2 Å². The van der Waals surface area contributed by atoms with Crippen molar-refractivity contribution in [1.82, 2.24) is 10.2 Å². The number of amides is 2. The summed E-state index contributed by atoms with van der Waals surface area (Å²) >= 11 is 0. The molecule has 0 saturated heterocycles. The van der Waals surface area contributed by atoms with Gasteiger partial charge >= 0.3 is 0 Å². The quantitative estimate of drug-likeness (QED) is 0.602. The summed E-state index contributed by atoms with van der Waals surface area (Å²) in [6.07, 6.45) is 4.82. The Morgan fingerprint density at radius 3 is 2.38 bits per heavy atom. The van der Waals surface area contributed by atoms with E-state index in [1.54, 1.807) is 24.1 Å². The minimum Gasteiger partial charge on any atom is -0.493 e. The molecular weight excluding hydrogens is 404 g/mol. The van der Waals surface area contributed by atoms with Gasteiger partial charge in [-0.05, 0) is 49.4 Å². The van der Waals surface area contributed by atoms with Gasteiger partial charge in [0.05, 0.1) is 7.11 Å². The lowest BCUT2D eigenvalue weighted by atomic mass is 10.1. The summed E-state index contributed by atoms with van der Waals surface area (Å²) in [5.41, 5.74) is 2.10. The molecule has 1 aliphatic carbocycles. The number of methoxy groups -OCH3 is 1. The van der Waals surface area contributed by atoms with Crippen molar-refractivity contribution in [3.63, 3.8) is 0 Å². The van der Waals surface area contributed by atoms with Gasteiger partial charge in [0, 0.05) is 12.6 Å². The molecule has 6 nitrogen and oxygen atoms in total. The van der Waals surface area contributed by atoms with Gasteiger partial charge in [-0.2, -0.15) is 0 Å². The first-order valence-corrected chi connectivity index (χ1v) is 11.4. The van der Waals surface area contributed by atoms with Crippen LogP contribution < -0.4 is 14.8 Å². The monoisotopic (exact) mass is 438 g/mol. The van der Waals surface area contributed by atoms with Gasteiger partial charge in [-0.3, -0.25) is 9.59 Å². The van der Waals surface area contributed by atoms with Crippen LogP contribution in [0.5, 0.6) is 11.5 Å². The largest absolute Gasteiger partial charge is 0.493 e. The van der Waals surface area contributed by atoms with E-state index in [2.05, 4.69) is 5.32 Å².